The summed E-state index contributed by atoms with van der Waals surface area (Å²) < 4.78 is 5.39. The van der Waals surface area contributed by atoms with Gasteiger partial charge in [0.2, 0.25) is 5.91 Å². The number of hydrogen-bond donors (Lipinski definition) is 3. The van der Waals surface area contributed by atoms with E-state index in [4.69, 9.17) is 9.84 Å². The minimum atomic E-state index is -0.980. The fourth-order valence-corrected chi connectivity index (χ4v) is 3.31. The lowest BCUT2D eigenvalue weighted by atomic mass is 9.98. The van der Waals surface area contributed by atoms with Gasteiger partial charge in [0.15, 0.2) is 0 Å². The molecule has 29 heavy (non-hydrogen) atoms. The number of carboxylic acid groups (broad SMARTS) is 1. The number of nitrogens with one attached hydrogen (secondary N) is 2. The molecule has 150 valence electrons. The Morgan fingerprint density at radius 1 is 0.966 bits per heavy atom. The van der Waals surface area contributed by atoms with Crippen LogP contribution in [0.15, 0.2) is 60.7 Å². The molecule has 0 atom stereocenters. The molecule has 0 unspecified atom stereocenters. The van der Waals surface area contributed by atoms with Crippen molar-refractivity contribution in [1.82, 2.24) is 10.6 Å². The molecule has 0 radical (unpaired) electrons. The maximum atomic E-state index is 12.0. The van der Waals surface area contributed by atoms with E-state index in [-0.39, 0.29) is 32.0 Å². The van der Waals surface area contributed by atoms with Crippen LogP contribution in [0.3, 0.4) is 0 Å². The standard InChI is InChI=1S/C22H22N2O5/c25-20(23-13-11-21(26)27)10-5-12-24-22(28)29-14-19-17-8-3-1-6-15(17)16-7-2-4-9-18(16)19/h1-10,19H,11-14H2,(H,23,25)(H,24,28)(H,26,27)/b10-5+. The molecule has 3 rings (SSSR count). The first-order chi connectivity index (χ1) is 14.1. The number of carboxylic acids is 1. The highest BCUT2D eigenvalue weighted by molar-refractivity contribution is 5.87. The Kier molecular flexibility index (Phi) is 6.63. The van der Waals surface area contributed by atoms with Crippen LogP contribution in [-0.2, 0) is 14.3 Å². The lowest BCUT2D eigenvalue weighted by Crippen LogP contribution is -2.27. The maximum absolute atomic E-state index is 12.0. The maximum Gasteiger partial charge on any atom is 0.407 e. The van der Waals surface area contributed by atoms with Gasteiger partial charge in [0, 0.05) is 25.1 Å². The first-order valence-corrected chi connectivity index (χ1v) is 9.31. The fraction of sp³-hybridized carbons (Fsp3) is 0.227. The summed E-state index contributed by atoms with van der Waals surface area (Å²) in [4.78, 5) is 33.8. The Morgan fingerprint density at radius 3 is 2.21 bits per heavy atom. The van der Waals surface area contributed by atoms with Gasteiger partial charge in [-0.1, -0.05) is 54.6 Å². The van der Waals surface area contributed by atoms with E-state index in [0.29, 0.717) is 0 Å². The number of amides is 2. The second kappa shape index (κ2) is 9.54. The normalized spacial score (nSPS) is 12.3. The number of ether oxygens (including phenoxy) is 1. The minimum Gasteiger partial charge on any atom is -0.481 e. The molecule has 2 aromatic rings. The van der Waals surface area contributed by atoms with Gasteiger partial charge in [0.25, 0.3) is 0 Å². The van der Waals surface area contributed by atoms with E-state index in [1.54, 1.807) is 0 Å². The highest BCUT2D eigenvalue weighted by Gasteiger charge is 2.28. The lowest BCUT2D eigenvalue weighted by Gasteiger charge is -2.14. The number of hydrogen-bond acceptors (Lipinski definition) is 4. The van der Waals surface area contributed by atoms with Crippen LogP contribution in [0.2, 0.25) is 0 Å². The molecule has 1 aliphatic carbocycles. The SMILES string of the molecule is O=C(O)CCNC(=O)/C=C/CNC(=O)OCC1c2ccccc2-c2ccccc21. The van der Waals surface area contributed by atoms with Crippen molar-refractivity contribution in [3.05, 3.63) is 71.8 Å². The first-order valence-electron chi connectivity index (χ1n) is 9.31. The summed E-state index contributed by atoms with van der Waals surface area (Å²) in [5.74, 6) is -1.41. The van der Waals surface area contributed by atoms with Crippen LogP contribution in [0.25, 0.3) is 11.1 Å². The molecule has 3 N–H and O–H groups in total. The monoisotopic (exact) mass is 394 g/mol. The number of alkyl carbamates (subject to hydrolysis) is 1. The molecule has 0 spiro atoms. The van der Waals surface area contributed by atoms with Crippen molar-refractivity contribution >= 4 is 18.0 Å². The summed E-state index contributed by atoms with van der Waals surface area (Å²) in [6, 6.07) is 16.2. The molecule has 1 aliphatic rings. The average molecular weight is 394 g/mol. The zero-order valence-corrected chi connectivity index (χ0v) is 15.8. The van der Waals surface area contributed by atoms with Crippen LogP contribution in [-0.4, -0.2) is 42.8 Å². The molecule has 0 bridgehead atoms. The Bertz CT molecular complexity index is 893. The highest BCUT2D eigenvalue weighted by Crippen LogP contribution is 2.44. The molecular weight excluding hydrogens is 372 g/mol. The van der Waals surface area contributed by atoms with E-state index < -0.39 is 18.0 Å². The number of rotatable bonds is 8. The third kappa shape index (κ3) is 5.22. The quantitative estimate of drug-likeness (QED) is 0.597. The third-order valence-corrected chi connectivity index (χ3v) is 4.62. The van der Waals surface area contributed by atoms with Gasteiger partial charge in [-0.25, -0.2) is 4.79 Å². The largest absolute Gasteiger partial charge is 0.481 e. The molecule has 7 nitrogen and oxygen atoms in total. The topological polar surface area (TPSA) is 105 Å². The van der Waals surface area contributed by atoms with Crippen LogP contribution in [0.5, 0.6) is 0 Å². The van der Waals surface area contributed by atoms with Crippen molar-refractivity contribution in [2.75, 3.05) is 19.7 Å². The van der Waals surface area contributed by atoms with Crippen LogP contribution in [0.4, 0.5) is 4.79 Å². The number of carbonyl (C=O) groups excluding carboxylic acids is 2. The number of fused-ring (bicyclic) bond motifs is 3. The van der Waals surface area contributed by atoms with Crippen molar-refractivity contribution in [1.29, 1.82) is 0 Å². The first kappa shape index (κ1) is 20.1. The summed E-state index contributed by atoms with van der Waals surface area (Å²) in [6.07, 6.45) is 2.00. The van der Waals surface area contributed by atoms with Gasteiger partial charge in [-0.05, 0) is 22.3 Å². The predicted molar refractivity (Wildman–Crippen MR) is 107 cm³/mol. The minimum absolute atomic E-state index is 0.0105. The smallest absolute Gasteiger partial charge is 0.407 e. The summed E-state index contributed by atoms with van der Waals surface area (Å²) >= 11 is 0. The van der Waals surface area contributed by atoms with E-state index in [1.165, 1.54) is 12.2 Å². The second-order valence-corrected chi connectivity index (χ2v) is 6.54. The van der Waals surface area contributed by atoms with Crippen LogP contribution in [0, 0.1) is 0 Å². The van der Waals surface area contributed by atoms with E-state index in [9.17, 15) is 14.4 Å². The molecule has 2 aromatic carbocycles. The summed E-state index contributed by atoms with van der Waals surface area (Å²) in [5, 5.41) is 13.5. The van der Waals surface area contributed by atoms with Gasteiger partial charge < -0.3 is 20.5 Å². The number of benzene rings is 2. The van der Waals surface area contributed by atoms with Crippen LogP contribution >= 0.6 is 0 Å². The average Bonchev–Trinajstić information content (AvgIpc) is 3.03. The lowest BCUT2D eigenvalue weighted by molar-refractivity contribution is -0.136. The van der Waals surface area contributed by atoms with Crippen LogP contribution < -0.4 is 10.6 Å². The van der Waals surface area contributed by atoms with Gasteiger partial charge in [0.1, 0.15) is 6.61 Å². The predicted octanol–water partition coefficient (Wildman–Crippen LogP) is 2.67. The Morgan fingerprint density at radius 2 is 1.59 bits per heavy atom. The van der Waals surface area contributed by atoms with Crippen molar-refractivity contribution in [3.8, 4) is 11.1 Å². The zero-order chi connectivity index (χ0) is 20.6. The molecular formula is C22H22N2O5. The Hall–Kier alpha value is -3.61. The molecule has 7 heteroatoms. The molecule has 0 fully saturated rings. The molecule has 0 aromatic heterocycles. The molecule has 0 saturated carbocycles. The van der Waals surface area contributed by atoms with Crippen molar-refractivity contribution in [2.24, 2.45) is 0 Å². The number of carbonyl (C=O) groups is 3. The number of aliphatic carboxylic acids is 1. The molecule has 0 aliphatic heterocycles. The van der Waals surface area contributed by atoms with E-state index in [2.05, 4.69) is 22.8 Å². The Balaban J connectivity index is 1.46. The fourth-order valence-electron chi connectivity index (χ4n) is 3.31. The van der Waals surface area contributed by atoms with E-state index in [0.717, 1.165) is 22.3 Å². The second-order valence-electron chi connectivity index (χ2n) is 6.54. The van der Waals surface area contributed by atoms with Crippen molar-refractivity contribution < 1.29 is 24.2 Å². The van der Waals surface area contributed by atoms with Crippen molar-refractivity contribution in [2.45, 2.75) is 12.3 Å². The molecule has 0 heterocycles. The third-order valence-electron chi connectivity index (χ3n) is 4.62. The zero-order valence-electron chi connectivity index (χ0n) is 15.8. The van der Waals surface area contributed by atoms with E-state index >= 15 is 0 Å². The van der Waals surface area contributed by atoms with Gasteiger partial charge >= 0.3 is 12.1 Å². The van der Waals surface area contributed by atoms with Gasteiger partial charge in [-0.3, -0.25) is 9.59 Å². The Labute approximate surface area is 168 Å². The summed E-state index contributed by atoms with van der Waals surface area (Å²) in [6.45, 7) is 0.403. The highest BCUT2D eigenvalue weighted by atomic mass is 16.5. The molecule has 2 amide bonds. The molecule has 0 saturated heterocycles. The van der Waals surface area contributed by atoms with Gasteiger partial charge in [-0.15, -0.1) is 0 Å². The van der Waals surface area contributed by atoms with Crippen LogP contribution in [0.1, 0.15) is 23.5 Å². The van der Waals surface area contributed by atoms with E-state index in [1.807, 2.05) is 36.4 Å². The van der Waals surface area contributed by atoms with Gasteiger partial charge in [-0.2, -0.15) is 0 Å². The summed E-state index contributed by atoms with van der Waals surface area (Å²) in [5.41, 5.74) is 4.60. The summed E-state index contributed by atoms with van der Waals surface area (Å²) in [7, 11) is 0. The van der Waals surface area contributed by atoms with Crippen molar-refractivity contribution in [3.63, 3.8) is 0 Å². The van der Waals surface area contributed by atoms with Gasteiger partial charge in [0.05, 0.1) is 6.42 Å².